The fourth-order valence-corrected chi connectivity index (χ4v) is 2.68. The first-order valence-corrected chi connectivity index (χ1v) is 6.27. The van der Waals surface area contributed by atoms with E-state index in [4.69, 9.17) is 10.5 Å². The van der Waals surface area contributed by atoms with E-state index in [2.05, 4.69) is 0 Å². The van der Waals surface area contributed by atoms with E-state index in [1.807, 2.05) is 19.1 Å². The van der Waals surface area contributed by atoms with Gasteiger partial charge in [-0.05, 0) is 30.7 Å². The fourth-order valence-electron chi connectivity index (χ4n) is 2.68. The van der Waals surface area contributed by atoms with Crippen molar-refractivity contribution in [3.63, 3.8) is 0 Å². The lowest BCUT2D eigenvalue weighted by Crippen LogP contribution is -2.48. The summed E-state index contributed by atoms with van der Waals surface area (Å²) in [7, 11) is 0. The maximum Gasteiger partial charge on any atom is 0.213 e. The molecule has 0 amide bonds. The van der Waals surface area contributed by atoms with Crippen molar-refractivity contribution in [3.05, 3.63) is 23.8 Å². The van der Waals surface area contributed by atoms with Gasteiger partial charge < -0.3 is 30.7 Å². The Balaban J connectivity index is 1.96. The highest BCUT2D eigenvalue weighted by molar-refractivity contribution is 5.59. The quantitative estimate of drug-likeness (QED) is 0.413. The van der Waals surface area contributed by atoms with Crippen LogP contribution in [0.5, 0.6) is 0 Å². The molecule has 6 nitrogen and oxygen atoms in total. The summed E-state index contributed by atoms with van der Waals surface area (Å²) in [5.41, 5.74) is 8.18. The molecule has 0 spiro atoms. The first-order valence-electron chi connectivity index (χ1n) is 6.27. The Labute approximate surface area is 111 Å². The molecule has 2 saturated heterocycles. The summed E-state index contributed by atoms with van der Waals surface area (Å²) in [6, 6.07) is 4.80. The molecule has 2 aliphatic rings. The second-order valence-electron chi connectivity index (χ2n) is 5.33. The molecule has 19 heavy (non-hydrogen) atoms. The molecule has 1 aromatic carbocycles. The summed E-state index contributed by atoms with van der Waals surface area (Å²) in [5, 5.41) is 30.0. The number of epoxide rings is 1. The zero-order chi connectivity index (χ0) is 13.8. The molecular formula is C13H18N2O4. The van der Waals surface area contributed by atoms with Crippen LogP contribution in [0.15, 0.2) is 18.2 Å². The Bertz CT molecular complexity index is 503. The number of hydrogen-bond donors (Lipinski definition) is 4. The Morgan fingerprint density at radius 3 is 2.68 bits per heavy atom. The van der Waals surface area contributed by atoms with Gasteiger partial charge in [-0.15, -0.1) is 0 Å². The number of benzene rings is 1. The van der Waals surface area contributed by atoms with Gasteiger partial charge >= 0.3 is 0 Å². The number of nitrogens with zero attached hydrogens (tertiary/aromatic N) is 1. The van der Waals surface area contributed by atoms with Crippen molar-refractivity contribution >= 4 is 11.4 Å². The predicted molar refractivity (Wildman–Crippen MR) is 69.6 cm³/mol. The van der Waals surface area contributed by atoms with Crippen molar-refractivity contribution < 1.29 is 20.1 Å². The van der Waals surface area contributed by atoms with Gasteiger partial charge in [-0.1, -0.05) is 0 Å². The van der Waals surface area contributed by atoms with Gasteiger partial charge in [0.15, 0.2) is 0 Å². The molecule has 3 rings (SSSR count). The van der Waals surface area contributed by atoms with Gasteiger partial charge in [0.25, 0.3) is 0 Å². The molecule has 104 valence electrons. The summed E-state index contributed by atoms with van der Waals surface area (Å²) in [6.45, 7) is 2.31. The summed E-state index contributed by atoms with van der Waals surface area (Å²) in [5.74, 6) is -1.37. The van der Waals surface area contributed by atoms with Crippen LogP contribution in [0, 0.1) is 6.92 Å². The number of β-amino-alcohol motifs (C(OH)–C–C–N with tert-alkyl or cyclic N) is 1. The van der Waals surface area contributed by atoms with Gasteiger partial charge in [0.05, 0.1) is 6.10 Å². The number of rotatable bonds is 2. The normalized spacial score (nSPS) is 37.7. The number of nitrogens with two attached hydrogens (primary N) is 1. The van der Waals surface area contributed by atoms with Gasteiger partial charge in [0, 0.05) is 17.9 Å². The maximum atomic E-state index is 10.1. The molecule has 5 N–H and O–H groups in total. The van der Waals surface area contributed by atoms with E-state index < -0.39 is 24.0 Å². The SMILES string of the molecule is Cc1cc(N2CC(O)C(O)C2C2(O)CO2)ccc1N. The third-order valence-corrected chi connectivity index (χ3v) is 3.92. The monoisotopic (exact) mass is 266 g/mol. The van der Waals surface area contributed by atoms with Crippen LogP contribution in [0.1, 0.15) is 5.56 Å². The Hall–Kier alpha value is -1.34. The van der Waals surface area contributed by atoms with E-state index in [0.29, 0.717) is 5.69 Å². The van der Waals surface area contributed by atoms with E-state index in [1.54, 1.807) is 11.0 Å². The minimum absolute atomic E-state index is 0.173. The molecular weight excluding hydrogens is 248 g/mol. The van der Waals surface area contributed by atoms with Crippen LogP contribution in [-0.2, 0) is 4.74 Å². The summed E-state index contributed by atoms with van der Waals surface area (Å²) in [4.78, 5) is 1.77. The number of ether oxygens (including phenoxy) is 1. The topological polar surface area (TPSA) is 102 Å². The number of hydrogen-bond acceptors (Lipinski definition) is 6. The van der Waals surface area contributed by atoms with Crippen LogP contribution >= 0.6 is 0 Å². The Kier molecular flexibility index (Phi) is 2.72. The lowest BCUT2D eigenvalue weighted by Gasteiger charge is -2.30. The van der Waals surface area contributed by atoms with Crippen molar-refractivity contribution in [2.24, 2.45) is 0 Å². The summed E-state index contributed by atoms with van der Waals surface area (Å²) < 4.78 is 5.02. The predicted octanol–water partition coefficient (Wildman–Crippen LogP) is -0.794. The third kappa shape index (κ3) is 1.97. The van der Waals surface area contributed by atoms with E-state index in [1.165, 1.54) is 0 Å². The van der Waals surface area contributed by atoms with E-state index >= 15 is 0 Å². The lowest BCUT2D eigenvalue weighted by molar-refractivity contribution is -0.0438. The minimum Gasteiger partial charge on any atom is -0.399 e. The summed E-state index contributed by atoms with van der Waals surface area (Å²) in [6.07, 6.45) is -1.94. The van der Waals surface area contributed by atoms with Crippen molar-refractivity contribution in [2.45, 2.75) is 31.0 Å². The zero-order valence-electron chi connectivity index (χ0n) is 10.7. The van der Waals surface area contributed by atoms with Crippen LogP contribution in [-0.4, -0.2) is 52.5 Å². The second-order valence-corrected chi connectivity index (χ2v) is 5.33. The second kappa shape index (κ2) is 4.08. The molecule has 0 aromatic heterocycles. The Morgan fingerprint density at radius 1 is 1.42 bits per heavy atom. The number of aryl methyl sites for hydroxylation is 1. The van der Waals surface area contributed by atoms with Crippen molar-refractivity contribution in [1.82, 2.24) is 0 Å². The number of nitrogen functional groups attached to an aromatic ring is 1. The smallest absolute Gasteiger partial charge is 0.213 e. The molecule has 4 atom stereocenters. The van der Waals surface area contributed by atoms with Crippen LogP contribution in [0.2, 0.25) is 0 Å². The fraction of sp³-hybridized carbons (Fsp3) is 0.538. The molecule has 4 unspecified atom stereocenters. The molecule has 6 heteroatoms. The number of aliphatic hydroxyl groups is 3. The van der Waals surface area contributed by atoms with Crippen LogP contribution in [0.25, 0.3) is 0 Å². The van der Waals surface area contributed by atoms with Crippen molar-refractivity contribution in [3.8, 4) is 0 Å². The van der Waals surface area contributed by atoms with Gasteiger partial charge in [0.2, 0.25) is 5.79 Å². The molecule has 1 aromatic rings. The van der Waals surface area contributed by atoms with E-state index in [-0.39, 0.29) is 13.2 Å². The first kappa shape index (κ1) is 12.7. The maximum absolute atomic E-state index is 10.1. The van der Waals surface area contributed by atoms with Gasteiger partial charge in [-0.25, -0.2) is 0 Å². The molecule has 2 aliphatic heterocycles. The standard InChI is InChI=1S/C13H18N2O4/c1-7-4-8(2-3-9(7)14)15-5-10(16)11(17)12(15)13(18)6-19-13/h2-4,10-12,16-18H,5-6,14H2,1H3. The van der Waals surface area contributed by atoms with Crippen molar-refractivity contribution in [2.75, 3.05) is 23.8 Å². The average Bonchev–Trinajstić information content (AvgIpc) is 3.02. The molecule has 0 bridgehead atoms. The van der Waals surface area contributed by atoms with Gasteiger partial charge in [0.1, 0.15) is 18.8 Å². The average molecular weight is 266 g/mol. The molecule has 0 saturated carbocycles. The molecule has 2 fully saturated rings. The van der Waals surface area contributed by atoms with Gasteiger partial charge in [-0.3, -0.25) is 0 Å². The lowest BCUT2D eigenvalue weighted by atomic mass is 10.0. The van der Waals surface area contributed by atoms with E-state index in [0.717, 1.165) is 11.3 Å². The minimum atomic E-state index is -1.37. The van der Waals surface area contributed by atoms with Crippen LogP contribution < -0.4 is 10.6 Å². The number of aliphatic hydroxyl groups excluding tert-OH is 2. The first-order chi connectivity index (χ1) is 8.92. The zero-order valence-corrected chi connectivity index (χ0v) is 10.7. The van der Waals surface area contributed by atoms with Crippen molar-refractivity contribution in [1.29, 1.82) is 0 Å². The van der Waals surface area contributed by atoms with E-state index in [9.17, 15) is 15.3 Å². The number of anilines is 2. The largest absolute Gasteiger partial charge is 0.399 e. The van der Waals surface area contributed by atoms with Crippen LogP contribution in [0.3, 0.4) is 0 Å². The molecule has 0 radical (unpaired) electrons. The molecule has 2 heterocycles. The molecule has 0 aliphatic carbocycles. The van der Waals surface area contributed by atoms with Gasteiger partial charge in [-0.2, -0.15) is 0 Å². The highest BCUT2D eigenvalue weighted by Crippen LogP contribution is 2.40. The highest BCUT2D eigenvalue weighted by atomic mass is 16.7. The third-order valence-electron chi connectivity index (χ3n) is 3.92. The summed E-state index contributed by atoms with van der Waals surface area (Å²) >= 11 is 0. The Morgan fingerprint density at radius 2 is 2.11 bits per heavy atom. The van der Waals surface area contributed by atoms with Crippen LogP contribution in [0.4, 0.5) is 11.4 Å². The highest BCUT2D eigenvalue weighted by Gasteiger charge is 2.60.